The highest BCUT2D eigenvalue weighted by Crippen LogP contribution is 2.20. The van der Waals surface area contributed by atoms with Crippen molar-refractivity contribution in [2.24, 2.45) is 10.9 Å². The minimum absolute atomic E-state index is 0.130. The summed E-state index contributed by atoms with van der Waals surface area (Å²) in [5.74, 6) is 5.72. The molecule has 0 unspecified atom stereocenters. The van der Waals surface area contributed by atoms with Gasteiger partial charge in [0.2, 0.25) is 0 Å². The van der Waals surface area contributed by atoms with E-state index in [1.165, 1.54) is 12.3 Å². The molecule has 0 saturated heterocycles. The average Bonchev–Trinajstić information content (AvgIpc) is 2.09. The maximum absolute atomic E-state index is 9.26. The third-order valence-electron chi connectivity index (χ3n) is 1.45. The van der Waals surface area contributed by atoms with Crippen LogP contribution < -0.4 is 10.6 Å². The number of nitrogens with zero attached hydrogens (tertiary/aromatic N) is 1. The van der Waals surface area contributed by atoms with Crippen LogP contribution in [0.25, 0.3) is 0 Å². The summed E-state index contributed by atoms with van der Waals surface area (Å²) in [7, 11) is 1.55. The summed E-state index contributed by atoms with van der Waals surface area (Å²) in [6, 6.07) is 4.82. The topological polar surface area (TPSA) is 67.8 Å². The lowest BCUT2D eigenvalue weighted by atomic mass is 10.2. The van der Waals surface area contributed by atoms with Gasteiger partial charge in [0.05, 0.1) is 13.3 Å². The van der Waals surface area contributed by atoms with Crippen molar-refractivity contribution < 1.29 is 9.84 Å². The number of methoxy groups -OCH3 is 1. The molecule has 0 aliphatic carbocycles. The third kappa shape index (κ3) is 1.66. The van der Waals surface area contributed by atoms with E-state index in [0.29, 0.717) is 11.3 Å². The molecule has 3 N–H and O–H groups in total. The Morgan fingerprint density at radius 2 is 2.33 bits per heavy atom. The number of phenols is 1. The van der Waals surface area contributed by atoms with Crippen molar-refractivity contribution in [1.82, 2.24) is 0 Å². The molecule has 0 heterocycles. The normalized spacial score (nSPS) is 10.4. The van der Waals surface area contributed by atoms with Crippen molar-refractivity contribution in [1.29, 1.82) is 0 Å². The molecule has 0 atom stereocenters. The van der Waals surface area contributed by atoms with Crippen molar-refractivity contribution in [2.75, 3.05) is 7.11 Å². The van der Waals surface area contributed by atoms with E-state index >= 15 is 0 Å². The number of ether oxygens (including phenoxy) is 1. The second-order valence-corrected chi connectivity index (χ2v) is 2.20. The van der Waals surface area contributed by atoms with Crippen LogP contribution in [-0.2, 0) is 0 Å². The first kappa shape index (κ1) is 8.39. The molecule has 0 fully saturated rings. The molecule has 4 heteroatoms. The first-order chi connectivity index (χ1) is 5.77. The number of hydrogen-bond donors (Lipinski definition) is 2. The average molecular weight is 166 g/mol. The Bertz CT molecular complexity index is 297. The fourth-order valence-electron chi connectivity index (χ4n) is 0.843. The van der Waals surface area contributed by atoms with Crippen molar-refractivity contribution >= 4 is 6.21 Å². The quantitative estimate of drug-likeness (QED) is 0.386. The Morgan fingerprint density at radius 1 is 1.58 bits per heavy atom. The van der Waals surface area contributed by atoms with E-state index in [9.17, 15) is 5.11 Å². The van der Waals surface area contributed by atoms with Crippen molar-refractivity contribution in [3.8, 4) is 11.5 Å². The first-order valence-electron chi connectivity index (χ1n) is 3.38. The molecule has 0 radical (unpaired) electrons. The van der Waals surface area contributed by atoms with E-state index in [-0.39, 0.29) is 5.75 Å². The molecule has 1 rings (SSSR count). The van der Waals surface area contributed by atoms with Gasteiger partial charge in [0.1, 0.15) is 11.5 Å². The van der Waals surface area contributed by atoms with Gasteiger partial charge in [-0.25, -0.2) is 0 Å². The number of benzene rings is 1. The number of rotatable bonds is 2. The molecule has 0 spiro atoms. The van der Waals surface area contributed by atoms with Gasteiger partial charge in [-0.1, -0.05) is 0 Å². The van der Waals surface area contributed by atoms with Crippen LogP contribution in [0.2, 0.25) is 0 Å². The first-order valence-corrected chi connectivity index (χ1v) is 3.38. The maximum Gasteiger partial charge on any atom is 0.124 e. The zero-order valence-electron chi connectivity index (χ0n) is 6.69. The smallest absolute Gasteiger partial charge is 0.124 e. The Hall–Kier alpha value is -1.71. The monoisotopic (exact) mass is 166 g/mol. The van der Waals surface area contributed by atoms with Gasteiger partial charge in [-0.15, -0.1) is 0 Å². The van der Waals surface area contributed by atoms with E-state index in [0.717, 1.165) is 0 Å². The summed E-state index contributed by atoms with van der Waals surface area (Å²) in [6.45, 7) is 0. The van der Waals surface area contributed by atoms with Gasteiger partial charge >= 0.3 is 0 Å². The van der Waals surface area contributed by atoms with E-state index in [2.05, 4.69) is 5.10 Å². The minimum Gasteiger partial charge on any atom is -0.507 e. The Kier molecular flexibility index (Phi) is 2.53. The molecule has 1 aromatic rings. The van der Waals surface area contributed by atoms with Crippen LogP contribution in [0.3, 0.4) is 0 Å². The van der Waals surface area contributed by atoms with Crippen LogP contribution in [0.1, 0.15) is 5.56 Å². The summed E-state index contributed by atoms with van der Waals surface area (Å²) < 4.78 is 4.94. The number of hydrogen-bond acceptors (Lipinski definition) is 4. The molecule has 12 heavy (non-hydrogen) atoms. The van der Waals surface area contributed by atoms with Gasteiger partial charge in [-0.05, 0) is 18.2 Å². The molecule has 4 nitrogen and oxygen atoms in total. The Morgan fingerprint density at radius 3 is 2.92 bits per heavy atom. The zero-order chi connectivity index (χ0) is 8.97. The number of aromatic hydroxyl groups is 1. The highest BCUT2D eigenvalue weighted by atomic mass is 16.5. The van der Waals surface area contributed by atoms with Crippen LogP contribution in [0.5, 0.6) is 11.5 Å². The van der Waals surface area contributed by atoms with E-state index in [4.69, 9.17) is 10.6 Å². The molecule has 0 amide bonds. The third-order valence-corrected chi connectivity index (χ3v) is 1.45. The molecular weight excluding hydrogens is 156 g/mol. The van der Waals surface area contributed by atoms with Crippen LogP contribution >= 0.6 is 0 Å². The lowest BCUT2D eigenvalue weighted by molar-refractivity contribution is 0.412. The Labute approximate surface area is 70.3 Å². The lowest BCUT2D eigenvalue weighted by Crippen LogP contribution is -1.89. The highest BCUT2D eigenvalue weighted by Gasteiger charge is 1.99. The predicted molar refractivity (Wildman–Crippen MR) is 46.4 cm³/mol. The van der Waals surface area contributed by atoms with Gasteiger partial charge in [0.15, 0.2) is 0 Å². The molecule has 0 aromatic heterocycles. The SMILES string of the molecule is COc1ccc(O)c(/C=N/N)c1. The molecular formula is C8H10N2O2. The number of phenolic OH excluding ortho intramolecular Hbond substituents is 1. The van der Waals surface area contributed by atoms with E-state index in [1.54, 1.807) is 19.2 Å². The van der Waals surface area contributed by atoms with Gasteiger partial charge < -0.3 is 15.7 Å². The predicted octanol–water partition coefficient (Wildman–Crippen LogP) is 0.693. The maximum atomic E-state index is 9.26. The minimum atomic E-state index is 0.130. The van der Waals surface area contributed by atoms with Crippen LogP contribution in [0.15, 0.2) is 23.3 Å². The van der Waals surface area contributed by atoms with Crippen molar-refractivity contribution in [2.45, 2.75) is 0 Å². The summed E-state index contributed by atoms with van der Waals surface area (Å²) in [5.41, 5.74) is 0.539. The van der Waals surface area contributed by atoms with Crippen LogP contribution in [0, 0.1) is 0 Å². The lowest BCUT2D eigenvalue weighted by Gasteiger charge is -2.01. The summed E-state index contributed by atoms with van der Waals surface area (Å²) in [5, 5.41) is 12.6. The largest absolute Gasteiger partial charge is 0.507 e. The zero-order valence-corrected chi connectivity index (χ0v) is 6.69. The molecule has 0 bridgehead atoms. The summed E-state index contributed by atoms with van der Waals surface area (Å²) >= 11 is 0. The molecule has 0 aliphatic heterocycles. The van der Waals surface area contributed by atoms with E-state index < -0.39 is 0 Å². The van der Waals surface area contributed by atoms with Crippen LogP contribution in [-0.4, -0.2) is 18.4 Å². The van der Waals surface area contributed by atoms with Gasteiger partial charge in [0, 0.05) is 5.56 Å². The summed E-state index contributed by atoms with van der Waals surface area (Å²) in [6.07, 6.45) is 1.36. The van der Waals surface area contributed by atoms with Crippen molar-refractivity contribution in [3.63, 3.8) is 0 Å². The number of hydrazone groups is 1. The van der Waals surface area contributed by atoms with Gasteiger partial charge in [0.25, 0.3) is 0 Å². The standard InChI is InChI=1S/C8H10N2O2/c1-12-7-2-3-8(11)6(4-7)5-10-9/h2-5,11H,9H2,1H3/b10-5+. The van der Waals surface area contributed by atoms with Gasteiger partial charge in [-0.3, -0.25) is 0 Å². The fraction of sp³-hybridized carbons (Fsp3) is 0.125. The number of nitrogens with two attached hydrogens (primary N) is 1. The van der Waals surface area contributed by atoms with E-state index in [1.807, 2.05) is 0 Å². The highest BCUT2D eigenvalue weighted by molar-refractivity contribution is 5.83. The second kappa shape index (κ2) is 3.61. The van der Waals surface area contributed by atoms with Crippen molar-refractivity contribution in [3.05, 3.63) is 23.8 Å². The van der Waals surface area contributed by atoms with Gasteiger partial charge in [-0.2, -0.15) is 5.10 Å². The summed E-state index contributed by atoms with van der Waals surface area (Å²) in [4.78, 5) is 0. The molecule has 0 aliphatic rings. The van der Waals surface area contributed by atoms with Crippen LogP contribution in [0.4, 0.5) is 0 Å². The second-order valence-electron chi connectivity index (χ2n) is 2.20. The molecule has 1 aromatic carbocycles. The molecule has 0 saturated carbocycles. The molecule has 64 valence electrons. The fourth-order valence-corrected chi connectivity index (χ4v) is 0.843. The Balaban J connectivity index is 3.08.